The SMILES string of the molecule is CNC(CSC1CCCC1)c1cnccc1N. The van der Waals surface area contributed by atoms with Gasteiger partial charge in [0.15, 0.2) is 0 Å². The number of aromatic nitrogens is 1. The molecule has 94 valence electrons. The van der Waals surface area contributed by atoms with Gasteiger partial charge in [-0.1, -0.05) is 12.8 Å². The fourth-order valence-electron chi connectivity index (χ4n) is 2.32. The number of hydrogen-bond donors (Lipinski definition) is 2. The molecule has 1 aliphatic carbocycles. The zero-order valence-corrected chi connectivity index (χ0v) is 11.2. The third-order valence-electron chi connectivity index (χ3n) is 3.41. The van der Waals surface area contributed by atoms with Crippen LogP contribution in [0.3, 0.4) is 0 Å². The number of anilines is 1. The minimum atomic E-state index is 0.314. The minimum absolute atomic E-state index is 0.314. The minimum Gasteiger partial charge on any atom is -0.398 e. The van der Waals surface area contributed by atoms with Crippen LogP contribution in [-0.4, -0.2) is 23.0 Å². The number of hydrogen-bond acceptors (Lipinski definition) is 4. The zero-order chi connectivity index (χ0) is 12.1. The number of nitrogens with two attached hydrogens (primary N) is 1. The van der Waals surface area contributed by atoms with Gasteiger partial charge in [-0.05, 0) is 26.0 Å². The molecule has 4 heteroatoms. The van der Waals surface area contributed by atoms with Crippen molar-refractivity contribution >= 4 is 17.4 Å². The van der Waals surface area contributed by atoms with Crippen LogP contribution in [0.2, 0.25) is 0 Å². The van der Waals surface area contributed by atoms with Crippen LogP contribution in [0, 0.1) is 0 Å². The Bertz CT molecular complexity index is 350. The summed E-state index contributed by atoms with van der Waals surface area (Å²) in [5.41, 5.74) is 7.96. The zero-order valence-electron chi connectivity index (χ0n) is 10.4. The molecular formula is C13H21N3S. The van der Waals surface area contributed by atoms with E-state index >= 15 is 0 Å². The topological polar surface area (TPSA) is 50.9 Å². The van der Waals surface area contributed by atoms with E-state index in [1.165, 1.54) is 25.7 Å². The summed E-state index contributed by atoms with van der Waals surface area (Å²) in [7, 11) is 1.99. The first-order valence-corrected chi connectivity index (χ1v) is 7.34. The number of rotatable bonds is 5. The van der Waals surface area contributed by atoms with Crippen LogP contribution in [0.25, 0.3) is 0 Å². The van der Waals surface area contributed by atoms with Crippen molar-refractivity contribution in [2.45, 2.75) is 37.0 Å². The van der Waals surface area contributed by atoms with Gasteiger partial charge in [0.2, 0.25) is 0 Å². The van der Waals surface area contributed by atoms with E-state index in [0.29, 0.717) is 6.04 Å². The monoisotopic (exact) mass is 251 g/mol. The predicted octanol–water partition coefficient (Wildman–Crippen LogP) is 2.60. The molecule has 0 amide bonds. The third kappa shape index (κ3) is 3.36. The summed E-state index contributed by atoms with van der Waals surface area (Å²) in [6.45, 7) is 0. The highest BCUT2D eigenvalue weighted by Crippen LogP contribution is 2.32. The fraction of sp³-hybridized carbons (Fsp3) is 0.615. The van der Waals surface area contributed by atoms with Crippen molar-refractivity contribution in [1.29, 1.82) is 0 Å². The van der Waals surface area contributed by atoms with Crippen LogP contribution < -0.4 is 11.1 Å². The van der Waals surface area contributed by atoms with E-state index in [2.05, 4.69) is 22.1 Å². The van der Waals surface area contributed by atoms with Gasteiger partial charge in [-0.3, -0.25) is 4.98 Å². The molecule has 17 heavy (non-hydrogen) atoms. The van der Waals surface area contributed by atoms with Gasteiger partial charge in [0.1, 0.15) is 0 Å². The smallest absolute Gasteiger partial charge is 0.0445 e. The second-order valence-electron chi connectivity index (χ2n) is 4.59. The molecular weight excluding hydrogens is 230 g/mol. The summed E-state index contributed by atoms with van der Waals surface area (Å²) in [6, 6.07) is 2.19. The van der Waals surface area contributed by atoms with Crippen molar-refractivity contribution in [1.82, 2.24) is 10.3 Å². The molecule has 1 atom stereocenters. The molecule has 0 aliphatic heterocycles. The Morgan fingerprint density at radius 1 is 1.53 bits per heavy atom. The molecule has 1 saturated carbocycles. The molecule has 0 bridgehead atoms. The highest BCUT2D eigenvalue weighted by molar-refractivity contribution is 7.99. The molecule has 1 unspecified atom stereocenters. The average molecular weight is 251 g/mol. The van der Waals surface area contributed by atoms with E-state index in [9.17, 15) is 0 Å². The van der Waals surface area contributed by atoms with Gasteiger partial charge in [0.25, 0.3) is 0 Å². The van der Waals surface area contributed by atoms with Crippen LogP contribution in [0.15, 0.2) is 18.5 Å². The van der Waals surface area contributed by atoms with Crippen LogP contribution in [0.5, 0.6) is 0 Å². The summed E-state index contributed by atoms with van der Waals surface area (Å²) in [5.74, 6) is 1.08. The molecule has 1 aromatic rings. The van der Waals surface area contributed by atoms with Crippen molar-refractivity contribution in [3.63, 3.8) is 0 Å². The Balaban J connectivity index is 1.94. The van der Waals surface area contributed by atoms with E-state index in [1.807, 2.05) is 19.3 Å². The van der Waals surface area contributed by atoms with Gasteiger partial charge in [-0.15, -0.1) is 0 Å². The molecule has 1 fully saturated rings. The molecule has 0 saturated heterocycles. The largest absolute Gasteiger partial charge is 0.398 e. The summed E-state index contributed by atoms with van der Waals surface area (Å²) in [5, 5.41) is 4.19. The van der Waals surface area contributed by atoms with Crippen LogP contribution in [0.4, 0.5) is 5.69 Å². The third-order valence-corrected chi connectivity index (χ3v) is 4.88. The quantitative estimate of drug-likeness (QED) is 0.844. The van der Waals surface area contributed by atoms with Crippen LogP contribution >= 0.6 is 11.8 Å². The molecule has 2 rings (SSSR count). The number of nitrogen functional groups attached to an aromatic ring is 1. The average Bonchev–Trinajstić information content (AvgIpc) is 2.85. The van der Waals surface area contributed by atoms with Crippen LogP contribution in [-0.2, 0) is 0 Å². The lowest BCUT2D eigenvalue weighted by molar-refractivity contribution is 0.659. The van der Waals surface area contributed by atoms with E-state index in [-0.39, 0.29) is 0 Å². The maximum Gasteiger partial charge on any atom is 0.0445 e. The van der Waals surface area contributed by atoms with Crippen molar-refractivity contribution < 1.29 is 0 Å². The van der Waals surface area contributed by atoms with E-state index in [4.69, 9.17) is 5.73 Å². The van der Waals surface area contributed by atoms with Crippen molar-refractivity contribution in [3.8, 4) is 0 Å². The first-order valence-electron chi connectivity index (χ1n) is 6.29. The summed E-state index contributed by atoms with van der Waals surface area (Å²) in [6.07, 6.45) is 9.18. The summed E-state index contributed by atoms with van der Waals surface area (Å²) >= 11 is 2.07. The number of pyridine rings is 1. The fourth-order valence-corrected chi connectivity index (χ4v) is 3.80. The molecule has 0 spiro atoms. The first kappa shape index (κ1) is 12.7. The maximum absolute atomic E-state index is 5.99. The van der Waals surface area contributed by atoms with Crippen molar-refractivity contribution in [3.05, 3.63) is 24.0 Å². The Morgan fingerprint density at radius 2 is 2.29 bits per heavy atom. The van der Waals surface area contributed by atoms with Gasteiger partial charge in [0, 0.05) is 40.7 Å². The molecule has 1 aromatic heterocycles. The standard InChI is InChI=1S/C13H21N3S/c1-15-13(9-17-10-4-2-3-5-10)11-8-16-7-6-12(11)14/h6-8,10,13,15H,2-5,9H2,1H3,(H2,14,16). The summed E-state index contributed by atoms with van der Waals surface area (Å²) < 4.78 is 0. The summed E-state index contributed by atoms with van der Waals surface area (Å²) in [4.78, 5) is 4.16. The second-order valence-corrected chi connectivity index (χ2v) is 5.92. The van der Waals surface area contributed by atoms with E-state index in [1.54, 1.807) is 6.20 Å². The van der Waals surface area contributed by atoms with Gasteiger partial charge >= 0.3 is 0 Å². The van der Waals surface area contributed by atoms with E-state index in [0.717, 1.165) is 22.3 Å². The lowest BCUT2D eigenvalue weighted by atomic mass is 10.1. The number of nitrogens with one attached hydrogen (secondary N) is 1. The lowest BCUT2D eigenvalue weighted by Crippen LogP contribution is -2.21. The van der Waals surface area contributed by atoms with Gasteiger partial charge < -0.3 is 11.1 Å². The molecule has 3 N–H and O–H groups in total. The van der Waals surface area contributed by atoms with Gasteiger partial charge in [-0.25, -0.2) is 0 Å². The molecule has 3 nitrogen and oxygen atoms in total. The van der Waals surface area contributed by atoms with Gasteiger partial charge in [0.05, 0.1) is 0 Å². The van der Waals surface area contributed by atoms with Crippen LogP contribution in [0.1, 0.15) is 37.3 Å². The molecule has 1 heterocycles. The highest BCUT2D eigenvalue weighted by atomic mass is 32.2. The second kappa shape index (κ2) is 6.26. The normalized spacial score (nSPS) is 18.4. The Kier molecular flexibility index (Phi) is 4.68. The Hall–Kier alpha value is -0.740. The highest BCUT2D eigenvalue weighted by Gasteiger charge is 2.19. The maximum atomic E-state index is 5.99. The molecule has 1 aliphatic rings. The van der Waals surface area contributed by atoms with Gasteiger partial charge in [-0.2, -0.15) is 11.8 Å². The first-order chi connectivity index (χ1) is 8.31. The van der Waals surface area contributed by atoms with E-state index < -0.39 is 0 Å². The number of nitrogens with zero attached hydrogens (tertiary/aromatic N) is 1. The Labute approximate surface area is 108 Å². The number of thioether (sulfide) groups is 1. The Morgan fingerprint density at radius 3 is 2.94 bits per heavy atom. The lowest BCUT2D eigenvalue weighted by Gasteiger charge is -2.19. The predicted molar refractivity (Wildman–Crippen MR) is 75.2 cm³/mol. The van der Waals surface area contributed by atoms with Crippen molar-refractivity contribution in [2.24, 2.45) is 0 Å². The molecule has 0 radical (unpaired) electrons. The van der Waals surface area contributed by atoms with Crippen molar-refractivity contribution in [2.75, 3.05) is 18.5 Å². The molecule has 0 aromatic carbocycles.